The molecule has 16 heavy (non-hydrogen) atoms. The molecule has 0 rings (SSSR count). The zero-order valence-corrected chi connectivity index (χ0v) is 14.4. The predicted molar refractivity (Wildman–Crippen MR) is 67.3 cm³/mol. The Bertz CT molecular complexity index is 201. The van der Waals surface area contributed by atoms with Crippen LogP contribution in [0.2, 0.25) is 0.515 Å². The van der Waals surface area contributed by atoms with Crippen LogP contribution in [0.1, 0.15) is 58.3 Å². The molecule has 0 aliphatic carbocycles. The molecule has 0 amide bonds. The van der Waals surface area contributed by atoms with Crippen molar-refractivity contribution >= 4 is 59.4 Å². The summed E-state index contributed by atoms with van der Waals surface area (Å²) in [6.45, 7) is 2.28. The molecule has 4 nitrogen and oxygen atoms in total. The van der Waals surface area contributed by atoms with E-state index in [1.54, 1.807) is 0.515 Å². The molecule has 6 heteroatoms. The Balaban J connectivity index is 0. The monoisotopic (exact) mass is 278 g/mol. The van der Waals surface area contributed by atoms with Crippen LogP contribution in [-0.2, 0) is 10.4 Å². The van der Waals surface area contributed by atoms with Crippen molar-refractivity contribution in [3.8, 4) is 0 Å². The van der Waals surface area contributed by atoms with Gasteiger partial charge in [0.2, 0.25) is 0 Å². The summed E-state index contributed by atoms with van der Waals surface area (Å²) in [4.78, 5) is 0. The van der Waals surface area contributed by atoms with Crippen LogP contribution in [0.3, 0.4) is 0 Å². The molecule has 0 aromatic rings. The summed E-state index contributed by atoms with van der Waals surface area (Å²) in [6.07, 6.45) is 11.8. The molecule has 94 valence electrons. The molecule has 0 radical (unpaired) electrons. The van der Waals surface area contributed by atoms with Gasteiger partial charge in [-0.3, -0.25) is 9.11 Å². The standard InChI is InChI=1S/C10H21.K.H2O4S/c1-3-5-7-9-10-8-6-4-2;;1-5(2,3)4/h1,3-10H2,2H3;;(H2,1,2,3,4). The maximum atomic E-state index is 8.74. The molecule has 0 unspecified atom stereocenters. The maximum Gasteiger partial charge on any atom is 0.394 e. The third-order valence-electron chi connectivity index (χ3n) is 2.21. The number of hydrogen-bond acceptors (Lipinski definition) is 2. The zero-order chi connectivity index (χ0) is 12.9. The van der Waals surface area contributed by atoms with Crippen molar-refractivity contribution in [2.75, 3.05) is 0 Å². The quantitative estimate of drug-likeness (QED) is 0.406. The minimum atomic E-state index is -4.67. The van der Waals surface area contributed by atoms with Crippen molar-refractivity contribution < 1.29 is 17.5 Å². The van der Waals surface area contributed by atoms with Crippen LogP contribution in [0, 0.1) is 0 Å². The minimum Gasteiger partial charge on any atom is -0.264 e. The molecule has 2 N–H and O–H groups in total. The average Bonchev–Trinajstić information content (AvgIpc) is 2.14. The molecule has 0 fully saturated rings. The SMILES string of the molecule is CCCCCCCCC[CH2][K].O=S(=O)(O)O. The first-order valence-corrected chi connectivity index (χ1v) is 9.72. The smallest absolute Gasteiger partial charge is 0.264 e. The topological polar surface area (TPSA) is 74.6 Å². The van der Waals surface area contributed by atoms with Crippen LogP contribution in [0.25, 0.3) is 0 Å². The van der Waals surface area contributed by atoms with E-state index in [4.69, 9.17) is 17.5 Å². The Morgan fingerprint density at radius 1 is 0.875 bits per heavy atom. The van der Waals surface area contributed by atoms with Gasteiger partial charge < -0.3 is 0 Å². The molecule has 0 spiro atoms. The van der Waals surface area contributed by atoms with Gasteiger partial charge in [0.1, 0.15) is 0 Å². The summed E-state index contributed by atoms with van der Waals surface area (Å²) >= 11 is 1.11. The summed E-state index contributed by atoms with van der Waals surface area (Å²) in [7, 11) is -4.67. The van der Waals surface area contributed by atoms with Crippen LogP contribution < -0.4 is 0 Å². The summed E-state index contributed by atoms with van der Waals surface area (Å²) < 4.78 is 33.1. The van der Waals surface area contributed by atoms with Gasteiger partial charge in [-0.15, -0.1) is 0 Å². The molecule has 0 aromatic heterocycles. The largest absolute Gasteiger partial charge is 0.394 e. The van der Waals surface area contributed by atoms with Gasteiger partial charge >= 0.3 is 118 Å². The summed E-state index contributed by atoms with van der Waals surface area (Å²) in [5.74, 6) is 0. The van der Waals surface area contributed by atoms with E-state index in [1.165, 1.54) is 51.4 Å². The van der Waals surface area contributed by atoms with Gasteiger partial charge in [0.15, 0.2) is 0 Å². The molecular formula is C10H23KO4S. The Hall–Kier alpha value is 1.51. The van der Waals surface area contributed by atoms with Crippen LogP contribution in [-0.4, -0.2) is 66.5 Å². The van der Waals surface area contributed by atoms with Gasteiger partial charge in [-0.1, -0.05) is 0 Å². The molecule has 0 aromatic carbocycles. The van der Waals surface area contributed by atoms with E-state index in [1.807, 2.05) is 0 Å². The Kier molecular flexibility index (Phi) is 18.1. The molecule has 0 heterocycles. The third-order valence-corrected chi connectivity index (χ3v) is 3.31. The predicted octanol–water partition coefficient (Wildman–Crippen LogP) is 3.06. The van der Waals surface area contributed by atoms with Crippen LogP contribution in [0.15, 0.2) is 0 Å². The van der Waals surface area contributed by atoms with Crippen LogP contribution in [0.4, 0.5) is 0 Å². The maximum absolute atomic E-state index is 8.74. The molecule has 0 bridgehead atoms. The Morgan fingerprint density at radius 2 is 1.19 bits per heavy atom. The fourth-order valence-electron chi connectivity index (χ4n) is 1.38. The zero-order valence-electron chi connectivity index (χ0n) is 10.5. The number of unbranched alkanes of at least 4 members (excludes halogenated alkanes) is 7. The first kappa shape index (κ1) is 19.8. The van der Waals surface area contributed by atoms with Crippen molar-refractivity contribution in [1.29, 1.82) is 0 Å². The minimum absolute atomic E-state index is 1.11. The van der Waals surface area contributed by atoms with Crippen LogP contribution >= 0.6 is 0 Å². The molecule has 0 atom stereocenters. The van der Waals surface area contributed by atoms with Gasteiger partial charge in [-0.05, 0) is 0 Å². The molecule has 0 aliphatic rings. The fourth-order valence-corrected chi connectivity index (χ4v) is 2.16. The van der Waals surface area contributed by atoms with Gasteiger partial charge in [0.05, 0.1) is 0 Å². The molecule has 0 saturated heterocycles. The van der Waals surface area contributed by atoms with E-state index >= 15 is 0 Å². The van der Waals surface area contributed by atoms with Crippen molar-refractivity contribution in [3.63, 3.8) is 0 Å². The van der Waals surface area contributed by atoms with E-state index < -0.39 is 10.4 Å². The first-order chi connectivity index (χ1) is 7.41. The molecule has 0 saturated carbocycles. The van der Waals surface area contributed by atoms with E-state index in [-0.39, 0.29) is 0 Å². The second-order valence-corrected chi connectivity index (χ2v) is 6.38. The van der Waals surface area contributed by atoms with Gasteiger partial charge in [0.25, 0.3) is 0 Å². The van der Waals surface area contributed by atoms with Crippen molar-refractivity contribution in [1.82, 2.24) is 0 Å². The Morgan fingerprint density at radius 3 is 1.50 bits per heavy atom. The molecular weight excluding hydrogens is 255 g/mol. The third kappa shape index (κ3) is 36.1. The van der Waals surface area contributed by atoms with Gasteiger partial charge in [-0.25, -0.2) is 0 Å². The average molecular weight is 278 g/mol. The number of rotatable bonds is 8. The van der Waals surface area contributed by atoms with Crippen molar-refractivity contribution in [3.05, 3.63) is 0 Å². The summed E-state index contributed by atoms with van der Waals surface area (Å²) in [5.41, 5.74) is 0. The van der Waals surface area contributed by atoms with Crippen LogP contribution in [0.5, 0.6) is 0 Å². The Labute approximate surface area is 134 Å². The van der Waals surface area contributed by atoms with E-state index in [0.29, 0.717) is 0 Å². The van der Waals surface area contributed by atoms with E-state index in [9.17, 15) is 0 Å². The second kappa shape index (κ2) is 14.6. The summed E-state index contributed by atoms with van der Waals surface area (Å²) in [5, 5.41) is 0. The first-order valence-electron chi connectivity index (χ1n) is 6.11. The normalized spacial score (nSPS) is 10.8. The fraction of sp³-hybridized carbons (Fsp3) is 1.00. The van der Waals surface area contributed by atoms with E-state index in [2.05, 4.69) is 6.92 Å². The van der Waals surface area contributed by atoms with Gasteiger partial charge in [0, 0.05) is 0 Å². The second-order valence-electron chi connectivity index (χ2n) is 3.92. The van der Waals surface area contributed by atoms with Gasteiger partial charge in [-0.2, -0.15) is 8.42 Å². The van der Waals surface area contributed by atoms with E-state index in [0.717, 1.165) is 49.0 Å². The molecule has 0 aliphatic heterocycles. The van der Waals surface area contributed by atoms with Crippen molar-refractivity contribution in [2.45, 2.75) is 58.8 Å². The van der Waals surface area contributed by atoms with Crippen molar-refractivity contribution in [2.24, 2.45) is 0 Å². The number of hydrogen-bond donors (Lipinski definition) is 2. The summed E-state index contributed by atoms with van der Waals surface area (Å²) in [6, 6.07) is 0.